The van der Waals surface area contributed by atoms with E-state index in [9.17, 15) is 18.4 Å². The molecule has 1 aromatic carbocycles. The average molecular weight is 358 g/mol. The molecule has 0 atom stereocenters. The third kappa shape index (κ3) is 5.31. The molecule has 0 aliphatic heterocycles. The molecule has 1 aromatic heterocycles. The summed E-state index contributed by atoms with van der Waals surface area (Å²) in [6.45, 7) is 0.151. The van der Waals surface area contributed by atoms with Crippen molar-refractivity contribution in [3.8, 4) is 5.75 Å². The van der Waals surface area contributed by atoms with Gasteiger partial charge in [0.25, 0.3) is 5.91 Å². The van der Waals surface area contributed by atoms with Gasteiger partial charge < -0.3 is 10.1 Å². The normalized spacial score (nSPS) is 10.5. The van der Waals surface area contributed by atoms with Gasteiger partial charge in [0, 0.05) is 25.2 Å². The molecule has 24 heavy (non-hydrogen) atoms. The molecular formula is C15H14ClF2N3O3. The number of nitrogens with one attached hydrogen (secondary N) is 1. The van der Waals surface area contributed by atoms with Gasteiger partial charge in [0.1, 0.15) is 11.5 Å². The average Bonchev–Trinajstić information content (AvgIpc) is 2.99. The minimum absolute atomic E-state index is 0.122. The molecule has 2 aromatic rings. The first-order valence-electron chi connectivity index (χ1n) is 7.03. The molecular weight excluding hydrogens is 344 g/mol. The number of amides is 1. The van der Waals surface area contributed by atoms with Crippen molar-refractivity contribution in [3.63, 3.8) is 0 Å². The summed E-state index contributed by atoms with van der Waals surface area (Å²) in [6, 6.07) is 4.42. The summed E-state index contributed by atoms with van der Waals surface area (Å²) < 4.78 is 32.7. The summed E-state index contributed by atoms with van der Waals surface area (Å²) in [4.78, 5) is 22.4. The Labute approximate surface area is 141 Å². The third-order valence-electron chi connectivity index (χ3n) is 2.96. The van der Waals surface area contributed by atoms with E-state index in [1.54, 1.807) is 0 Å². The van der Waals surface area contributed by atoms with Crippen LogP contribution < -0.4 is 10.1 Å². The van der Waals surface area contributed by atoms with E-state index in [-0.39, 0.29) is 24.6 Å². The van der Waals surface area contributed by atoms with Crippen molar-refractivity contribution in [3.05, 3.63) is 47.8 Å². The van der Waals surface area contributed by atoms with Gasteiger partial charge in [-0.15, -0.1) is 0 Å². The maximum Gasteiger partial charge on any atom is 0.271 e. The van der Waals surface area contributed by atoms with Crippen LogP contribution in [0.4, 0.5) is 8.78 Å². The fourth-order valence-electron chi connectivity index (χ4n) is 1.80. The quantitative estimate of drug-likeness (QED) is 0.582. The number of hydrogen-bond donors (Lipinski definition) is 1. The molecule has 0 aliphatic carbocycles. The minimum atomic E-state index is -0.825. The lowest BCUT2D eigenvalue weighted by molar-refractivity contribution is -0.111. The van der Waals surface area contributed by atoms with E-state index in [2.05, 4.69) is 10.4 Å². The molecule has 0 saturated carbocycles. The summed E-state index contributed by atoms with van der Waals surface area (Å²) in [7, 11) is 0. The molecule has 128 valence electrons. The molecule has 1 heterocycles. The Hall–Kier alpha value is -2.48. The molecule has 0 radical (unpaired) electrons. The maximum absolute atomic E-state index is 13.4. The molecule has 1 N–H and O–H groups in total. The van der Waals surface area contributed by atoms with Crippen molar-refractivity contribution in [1.82, 2.24) is 15.1 Å². The van der Waals surface area contributed by atoms with Crippen LogP contribution in [0.1, 0.15) is 23.3 Å². The lowest BCUT2D eigenvalue weighted by Crippen LogP contribution is -2.25. The highest BCUT2D eigenvalue weighted by Crippen LogP contribution is 2.17. The molecule has 9 heteroatoms. The maximum atomic E-state index is 13.4. The van der Waals surface area contributed by atoms with Crippen LogP contribution in [0.25, 0.3) is 0 Å². The van der Waals surface area contributed by atoms with Gasteiger partial charge in [-0.3, -0.25) is 9.59 Å². The van der Waals surface area contributed by atoms with Crippen molar-refractivity contribution in [2.24, 2.45) is 0 Å². The van der Waals surface area contributed by atoms with Gasteiger partial charge in [0.2, 0.25) is 5.24 Å². The van der Waals surface area contributed by atoms with E-state index < -0.39 is 22.8 Å². The number of benzene rings is 1. The Morgan fingerprint density at radius 1 is 1.29 bits per heavy atom. The first-order chi connectivity index (χ1) is 11.5. The monoisotopic (exact) mass is 357 g/mol. The standard InChI is InChI=1S/C15H14ClF2N3O3/c16-14(22)2-1-6-19-15(23)12-5-7-21(20-12)9-24-13-4-3-10(17)8-11(13)18/h3-5,7-8H,1-2,6,9H2,(H,19,23). The first kappa shape index (κ1) is 17.9. The lowest BCUT2D eigenvalue weighted by Gasteiger charge is -2.07. The highest BCUT2D eigenvalue weighted by Gasteiger charge is 2.10. The zero-order valence-electron chi connectivity index (χ0n) is 12.5. The fourth-order valence-corrected chi connectivity index (χ4v) is 1.94. The second kappa shape index (κ2) is 8.39. The van der Waals surface area contributed by atoms with E-state index in [1.807, 2.05) is 0 Å². The molecule has 0 bridgehead atoms. The third-order valence-corrected chi connectivity index (χ3v) is 3.14. The molecule has 0 spiro atoms. The van der Waals surface area contributed by atoms with E-state index in [1.165, 1.54) is 23.0 Å². The van der Waals surface area contributed by atoms with Crippen molar-refractivity contribution in [1.29, 1.82) is 0 Å². The van der Waals surface area contributed by atoms with E-state index in [4.69, 9.17) is 16.3 Å². The zero-order valence-corrected chi connectivity index (χ0v) is 13.2. The molecule has 0 saturated heterocycles. The first-order valence-corrected chi connectivity index (χ1v) is 7.41. The second-order valence-corrected chi connectivity index (χ2v) is 5.22. The summed E-state index contributed by atoms with van der Waals surface area (Å²) in [5, 5.41) is 6.11. The summed E-state index contributed by atoms with van der Waals surface area (Å²) >= 11 is 5.19. The van der Waals surface area contributed by atoms with E-state index in [0.29, 0.717) is 19.0 Å². The van der Waals surface area contributed by atoms with Crippen LogP contribution >= 0.6 is 11.6 Å². The summed E-state index contributed by atoms with van der Waals surface area (Å²) in [5.74, 6) is -2.06. The number of aromatic nitrogens is 2. The van der Waals surface area contributed by atoms with Crippen molar-refractivity contribution < 1.29 is 23.1 Å². The molecule has 1 amide bonds. The van der Waals surface area contributed by atoms with Gasteiger partial charge in [0.05, 0.1) is 0 Å². The fraction of sp³-hybridized carbons (Fsp3) is 0.267. The zero-order chi connectivity index (χ0) is 17.5. The van der Waals surface area contributed by atoms with Crippen LogP contribution in [0.5, 0.6) is 5.75 Å². The van der Waals surface area contributed by atoms with Gasteiger partial charge in [-0.05, 0) is 36.2 Å². The van der Waals surface area contributed by atoms with Crippen LogP contribution in [0.15, 0.2) is 30.5 Å². The summed E-state index contributed by atoms with van der Waals surface area (Å²) in [5.41, 5.74) is 0.148. The predicted molar refractivity (Wildman–Crippen MR) is 81.6 cm³/mol. The van der Waals surface area contributed by atoms with Gasteiger partial charge >= 0.3 is 0 Å². The highest BCUT2D eigenvalue weighted by atomic mass is 35.5. The number of carbonyl (C=O) groups excluding carboxylic acids is 2. The Kier molecular flexibility index (Phi) is 6.25. The number of carbonyl (C=O) groups is 2. The van der Waals surface area contributed by atoms with Crippen molar-refractivity contribution in [2.75, 3.05) is 6.54 Å². The van der Waals surface area contributed by atoms with Crippen LogP contribution in [-0.4, -0.2) is 27.5 Å². The van der Waals surface area contributed by atoms with Gasteiger partial charge in [-0.2, -0.15) is 5.10 Å². The molecule has 0 fully saturated rings. The number of rotatable bonds is 8. The Morgan fingerprint density at radius 3 is 2.79 bits per heavy atom. The number of halogens is 3. The largest absolute Gasteiger partial charge is 0.468 e. The smallest absolute Gasteiger partial charge is 0.271 e. The van der Waals surface area contributed by atoms with Gasteiger partial charge in [-0.1, -0.05) is 0 Å². The Bertz CT molecular complexity index is 737. The van der Waals surface area contributed by atoms with Crippen LogP contribution in [0.3, 0.4) is 0 Å². The van der Waals surface area contributed by atoms with Crippen LogP contribution in [0, 0.1) is 11.6 Å². The summed E-state index contributed by atoms with van der Waals surface area (Å²) in [6.07, 6.45) is 2.09. The van der Waals surface area contributed by atoms with Crippen LogP contribution in [-0.2, 0) is 11.5 Å². The van der Waals surface area contributed by atoms with E-state index >= 15 is 0 Å². The van der Waals surface area contributed by atoms with E-state index in [0.717, 1.165) is 6.07 Å². The number of hydrogen-bond acceptors (Lipinski definition) is 4. The molecule has 2 rings (SSSR count). The Balaban J connectivity index is 1.84. The van der Waals surface area contributed by atoms with Gasteiger partial charge in [0.15, 0.2) is 18.3 Å². The van der Waals surface area contributed by atoms with Gasteiger partial charge in [-0.25, -0.2) is 13.5 Å². The predicted octanol–water partition coefficient (Wildman–Crippen LogP) is 2.47. The molecule has 0 unspecified atom stereocenters. The topological polar surface area (TPSA) is 73.2 Å². The molecule has 6 nitrogen and oxygen atoms in total. The number of nitrogens with zero attached hydrogens (tertiary/aromatic N) is 2. The van der Waals surface area contributed by atoms with Crippen molar-refractivity contribution in [2.45, 2.75) is 19.6 Å². The molecule has 0 aliphatic rings. The number of ether oxygens (including phenoxy) is 1. The second-order valence-electron chi connectivity index (χ2n) is 4.80. The van der Waals surface area contributed by atoms with Crippen molar-refractivity contribution >= 4 is 22.8 Å². The lowest BCUT2D eigenvalue weighted by atomic mass is 10.3. The Morgan fingerprint density at radius 2 is 2.08 bits per heavy atom. The minimum Gasteiger partial charge on any atom is -0.468 e. The van der Waals surface area contributed by atoms with Crippen LogP contribution in [0.2, 0.25) is 0 Å². The SMILES string of the molecule is O=C(Cl)CCCNC(=O)c1ccn(COc2ccc(F)cc2F)n1. The highest BCUT2D eigenvalue weighted by molar-refractivity contribution is 6.63.